The predicted molar refractivity (Wildman–Crippen MR) is 129 cm³/mol. The van der Waals surface area contributed by atoms with E-state index in [-0.39, 0.29) is 35.3 Å². The van der Waals surface area contributed by atoms with Gasteiger partial charge in [0.05, 0.1) is 21.2 Å². The first-order chi connectivity index (χ1) is 16.6. The van der Waals surface area contributed by atoms with Crippen LogP contribution in [-0.2, 0) is 24.2 Å². The fourth-order valence-corrected chi connectivity index (χ4v) is 6.81. The van der Waals surface area contributed by atoms with Crippen LogP contribution in [0.4, 0.5) is 5.69 Å². The molecule has 35 heavy (non-hydrogen) atoms. The molecule has 1 aliphatic carbocycles. The lowest BCUT2D eigenvalue weighted by Gasteiger charge is -2.29. The van der Waals surface area contributed by atoms with Crippen LogP contribution in [0.3, 0.4) is 0 Å². The molecule has 0 radical (unpaired) electrons. The van der Waals surface area contributed by atoms with E-state index < -0.39 is 32.6 Å². The number of anilines is 1. The highest BCUT2D eigenvalue weighted by atomic mass is 35.5. The highest BCUT2D eigenvalue weighted by Gasteiger charge is 2.50. The Hall–Kier alpha value is -2.84. The van der Waals surface area contributed by atoms with E-state index >= 15 is 0 Å². The molecule has 2 aliphatic heterocycles. The number of sulfone groups is 1. The van der Waals surface area contributed by atoms with Crippen molar-refractivity contribution in [1.29, 1.82) is 5.26 Å². The summed E-state index contributed by atoms with van der Waals surface area (Å²) in [4.78, 5) is 36.8. The van der Waals surface area contributed by atoms with Crippen LogP contribution in [0.2, 0.25) is 5.02 Å². The van der Waals surface area contributed by atoms with E-state index in [0.717, 1.165) is 31.6 Å². The van der Waals surface area contributed by atoms with E-state index in [2.05, 4.69) is 16.3 Å². The Morgan fingerprint density at radius 3 is 2.40 bits per heavy atom. The lowest BCUT2D eigenvalue weighted by Crippen LogP contribution is -2.48. The number of nitrogens with one attached hydrogen (secondary N) is 1. The van der Waals surface area contributed by atoms with Gasteiger partial charge in [0.1, 0.15) is 11.6 Å². The van der Waals surface area contributed by atoms with Crippen molar-refractivity contribution >= 4 is 45.4 Å². The molecular weight excluding hydrogens is 496 g/mol. The highest BCUT2D eigenvalue weighted by molar-refractivity contribution is 7.92. The maximum atomic E-state index is 13.4. The van der Waals surface area contributed by atoms with E-state index in [4.69, 9.17) is 21.5 Å². The number of carbonyl (C=O) groups excluding carboxylic acids is 2. The third kappa shape index (κ3) is 5.87. The molecule has 10 nitrogen and oxygen atoms in total. The number of piperidine rings is 1. The van der Waals surface area contributed by atoms with Crippen molar-refractivity contribution in [3.05, 3.63) is 23.2 Å². The minimum atomic E-state index is -3.87. The monoisotopic (exact) mass is 524 g/mol. The molecule has 1 unspecified atom stereocenters. The fourth-order valence-electron chi connectivity index (χ4n) is 4.58. The van der Waals surface area contributed by atoms with Gasteiger partial charge in [-0.2, -0.15) is 5.26 Å². The molecule has 0 aromatic heterocycles. The van der Waals surface area contributed by atoms with Crippen LogP contribution in [0, 0.1) is 11.3 Å². The van der Waals surface area contributed by atoms with Crippen LogP contribution in [-0.4, -0.2) is 73.2 Å². The number of hydrogen-bond acceptors (Lipinski definition) is 7. The molecule has 2 atom stereocenters. The molecule has 2 N–H and O–H groups in total. The molecule has 0 spiro atoms. The Morgan fingerprint density at radius 2 is 1.89 bits per heavy atom. The third-order valence-corrected chi connectivity index (χ3v) is 9.29. The summed E-state index contributed by atoms with van der Waals surface area (Å²) in [6, 6.07) is 6.15. The topological polar surface area (TPSA) is 148 Å². The molecule has 12 heteroatoms. The minimum Gasteiger partial charge on any atom is -0.483 e. The van der Waals surface area contributed by atoms with Crippen molar-refractivity contribution < 1.29 is 27.9 Å². The molecule has 3 aliphatic rings. The first kappa shape index (κ1) is 26.8. The van der Waals surface area contributed by atoms with Crippen molar-refractivity contribution in [2.75, 3.05) is 24.5 Å². The molecule has 0 bridgehead atoms. The predicted octanol–water partition coefficient (Wildman–Crippen LogP) is 1.97. The smallest absolute Gasteiger partial charge is 0.290 e. The molecule has 1 aromatic rings. The van der Waals surface area contributed by atoms with Crippen LogP contribution in [0.5, 0.6) is 0 Å². The summed E-state index contributed by atoms with van der Waals surface area (Å²) < 4.78 is 26.8. The number of carbonyl (C=O) groups is 3. The van der Waals surface area contributed by atoms with Gasteiger partial charge in [0, 0.05) is 32.2 Å². The van der Waals surface area contributed by atoms with Gasteiger partial charge in [-0.1, -0.05) is 11.6 Å². The summed E-state index contributed by atoms with van der Waals surface area (Å²) in [6.07, 6.45) is 4.47. The van der Waals surface area contributed by atoms with Crippen LogP contribution in [0.15, 0.2) is 23.1 Å². The average Bonchev–Trinajstić information content (AvgIpc) is 3.44. The lowest BCUT2D eigenvalue weighted by molar-refractivity contribution is -0.137. The first-order valence-corrected chi connectivity index (χ1v) is 13.4. The van der Waals surface area contributed by atoms with Gasteiger partial charge < -0.3 is 20.2 Å². The number of nitriles is 1. The lowest BCUT2D eigenvalue weighted by atomic mass is 10.1. The van der Waals surface area contributed by atoms with E-state index in [1.54, 1.807) is 12.1 Å². The number of hydrogen-bond donors (Lipinski definition) is 2. The van der Waals surface area contributed by atoms with Gasteiger partial charge in [0.25, 0.3) is 6.47 Å². The molecule has 3 fully saturated rings. The molecule has 2 amide bonds. The first-order valence-electron chi connectivity index (χ1n) is 11.5. The van der Waals surface area contributed by atoms with Gasteiger partial charge in [-0.3, -0.25) is 14.4 Å². The normalized spacial score (nSPS) is 22.9. The molecule has 4 rings (SSSR count). The van der Waals surface area contributed by atoms with Crippen molar-refractivity contribution in [3.8, 4) is 6.07 Å². The second kappa shape index (κ2) is 10.8. The zero-order valence-electron chi connectivity index (χ0n) is 19.4. The van der Waals surface area contributed by atoms with Crippen molar-refractivity contribution in [2.24, 2.45) is 0 Å². The molecule has 1 saturated carbocycles. The van der Waals surface area contributed by atoms with E-state index in [9.17, 15) is 23.3 Å². The van der Waals surface area contributed by atoms with Crippen molar-refractivity contribution in [1.82, 2.24) is 10.2 Å². The van der Waals surface area contributed by atoms with Gasteiger partial charge in [-0.15, -0.1) is 0 Å². The maximum Gasteiger partial charge on any atom is 0.290 e. The van der Waals surface area contributed by atoms with Gasteiger partial charge in [-0.25, -0.2) is 8.42 Å². The zero-order valence-corrected chi connectivity index (χ0v) is 21.0. The maximum absolute atomic E-state index is 13.4. The number of rotatable bonds is 5. The Kier molecular flexibility index (Phi) is 8.28. The van der Waals surface area contributed by atoms with Crippen LogP contribution < -0.4 is 10.2 Å². The van der Waals surface area contributed by atoms with Gasteiger partial charge in [0.2, 0.25) is 11.8 Å². The Balaban J connectivity index is 0.00000108. The molecule has 2 heterocycles. The number of amides is 2. The largest absolute Gasteiger partial charge is 0.483 e. The molecule has 1 aromatic carbocycles. The number of halogens is 1. The second-order valence-corrected chi connectivity index (χ2v) is 11.6. The molecule has 190 valence electrons. The third-order valence-electron chi connectivity index (χ3n) is 6.68. The standard InChI is InChI=1S/C22H27ClN4O4S.CH2O2/c1-15(28)27-13-17(12-19(27)21(29)25-22(14-24)7-8-22)32(30,31)20-6-5-16(11-18(20)23)26-9-3-2-4-10-26;2-1-3/h5-6,11,17,19H,2-4,7-10,12-13H2,1H3,(H,25,29);1H,(H,2,3)/t17?,19-;/m0./s1. The Labute approximate surface area is 209 Å². The second-order valence-electron chi connectivity index (χ2n) is 9.04. The van der Waals surface area contributed by atoms with Crippen molar-refractivity contribution in [2.45, 2.75) is 67.2 Å². The van der Waals surface area contributed by atoms with E-state index in [1.807, 2.05) is 0 Å². The minimum absolute atomic E-state index is 0.0187. The van der Waals surface area contributed by atoms with Gasteiger partial charge >= 0.3 is 0 Å². The van der Waals surface area contributed by atoms with Crippen molar-refractivity contribution in [3.63, 3.8) is 0 Å². The number of nitrogens with zero attached hydrogens (tertiary/aromatic N) is 3. The Bertz CT molecular complexity index is 1130. The SMILES string of the molecule is CC(=O)N1CC(S(=O)(=O)c2ccc(N3CCCCC3)cc2Cl)C[C@H]1C(=O)NC1(C#N)CC1.O=CO. The summed E-state index contributed by atoms with van der Waals surface area (Å²) >= 11 is 6.42. The van der Waals surface area contributed by atoms with Crippen LogP contribution >= 0.6 is 11.6 Å². The molecular formula is C23H29ClN4O6S. The number of carboxylic acid groups (broad SMARTS) is 1. The summed E-state index contributed by atoms with van der Waals surface area (Å²) in [5.41, 5.74) is 0.0123. The quantitative estimate of drug-likeness (QED) is 0.555. The summed E-state index contributed by atoms with van der Waals surface area (Å²) in [5.74, 6) is -0.861. The van der Waals surface area contributed by atoms with E-state index in [1.165, 1.54) is 24.3 Å². The summed E-state index contributed by atoms with van der Waals surface area (Å²) in [6.45, 7) is 2.81. The average molecular weight is 525 g/mol. The zero-order chi connectivity index (χ0) is 25.8. The van der Waals surface area contributed by atoms with Gasteiger partial charge in [-0.05, 0) is 56.7 Å². The highest BCUT2D eigenvalue weighted by Crippen LogP contribution is 2.37. The van der Waals surface area contributed by atoms with E-state index in [0.29, 0.717) is 12.8 Å². The Morgan fingerprint density at radius 1 is 1.26 bits per heavy atom. The molecule has 2 saturated heterocycles. The number of benzene rings is 1. The van der Waals surface area contributed by atoms with Crippen LogP contribution in [0.25, 0.3) is 0 Å². The van der Waals surface area contributed by atoms with Gasteiger partial charge in [0.15, 0.2) is 9.84 Å². The van der Waals surface area contributed by atoms with Crippen LogP contribution in [0.1, 0.15) is 45.4 Å². The summed E-state index contributed by atoms with van der Waals surface area (Å²) in [7, 11) is -3.87. The summed E-state index contributed by atoms with van der Waals surface area (Å²) in [5, 5.41) is 18.0. The fraction of sp³-hybridized carbons (Fsp3) is 0.565. The number of likely N-dealkylation sites (tertiary alicyclic amines) is 1.